The normalized spacial score (nSPS) is 20.1. The number of nitrogens with one attached hydrogen (secondary N) is 1. The molecule has 2 heteroatoms. The Kier molecular flexibility index (Phi) is 4.62. The Morgan fingerprint density at radius 3 is 2.35 bits per heavy atom. The molecule has 0 heterocycles. The van der Waals surface area contributed by atoms with Crippen LogP contribution in [0.5, 0.6) is 0 Å². The van der Waals surface area contributed by atoms with Gasteiger partial charge in [-0.25, -0.2) is 0 Å². The quantitative estimate of drug-likeness (QED) is 0.843. The van der Waals surface area contributed by atoms with Gasteiger partial charge in [-0.1, -0.05) is 31.4 Å². The van der Waals surface area contributed by atoms with Crippen LogP contribution in [0.3, 0.4) is 0 Å². The predicted octanol–water partition coefficient (Wildman–Crippen LogP) is 3.96. The SMILES string of the molecule is CN(CC1CCCCC1)c1ccc(CNC2CC2)cc1. The molecule has 1 N–H and O–H groups in total. The topological polar surface area (TPSA) is 15.3 Å². The third-order valence-electron chi connectivity index (χ3n) is 4.81. The number of hydrogen-bond acceptors (Lipinski definition) is 2. The molecule has 2 saturated carbocycles. The Balaban J connectivity index is 1.49. The molecular formula is C18H28N2. The van der Waals surface area contributed by atoms with Crippen molar-refractivity contribution in [3.8, 4) is 0 Å². The molecule has 0 aromatic heterocycles. The van der Waals surface area contributed by atoms with E-state index < -0.39 is 0 Å². The minimum absolute atomic E-state index is 0.795. The maximum Gasteiger partial charge on any atom is 0.0363 e. The smallest absolute Gasteiger partial charge is 0.0363 e. The zero-order chi connectivity index (χ0) is 13.8. The molecule has 2 aliphatic rings. The maximum absolute atomic E-state index is 3.57. The summed E-state index contributed by atoms with van der Waals surface area (Å²) in [5.74, 6) is 0.907. The van der Waals surface area contributed by atoms with Crippen molar-refractivity contribution in [1.29, 1.82) is 0 Å². The zero-order valence-corrected chi connectivity index (χ0v) is 12.8. The second-order valence-electron chi connectivity index (χ2n) is 6.71. The first-order chi connectivity index (χ1) is 9.81. The molecule has 3 rings (SSSR count). The molecule has 110 valence electrons. The van der Waals surface area contributed by atoms with Gasteiger partial charge in [0.2, 0.25) is 0 Å². The zero-order valence-electron chi connectivity index (χ0n) is 12.8. The lowest BCUT2D eigenvalue weighted by molar-refractivity contribution is 0.362. The minimum Gasteiger partial charge on any atom is -0.374 e. The van der Waals surface area contributed by atoms with E-state index in [0.29, 0.717) is 0 Å². The van der Waals surface area contributed by atoms with Crippen molar-refractivity contribution in [2.75, 3.05) is 18.5 Å². The molecule has 0 amide bonds. The standard InChI is InChI=1S/C18H28N2/c1-20(14-16-5-3-2-4-6-16)18-11-7-15(8-12-18)13-19-17-9-10-17/h7-8,11-12,16-17,19H,2-6,9-10,13-14H2,1H3. The highest BCUT2D eigenvalue weighted by molar-refractivity contribution is 5.46. The van der Waals surface area contributed by atoms with E-state index in [9.17, 15) is 0 Å². The van der Waals surface area contributed by atoms with Crippen LogP contribution in [0.2, 0.25) is 0 Å². The van der Waals surface area contributed by atoms with Crippen molar-refractivity contribution < 1.29 is 0 Å². The Morgan fingerprint density at radius 2 is 1.70 bits per heavy atom. The second kappa shape index (κ2) is 6.62. The molecule has 2 nitrogen and oxygen atoms in total. The molecule has 2 fully saturated rings. The summed E-state index contributed by atoms with van der Waals surface area (Å²) in [7, 11) is 2.24. The van der Waals surface area contributed by atoms with E-state index in [1.807, 2.05) is 0 Å². The average Bonchev–Trinajstić information content (AvgIpc) is 3.31. The summed E-state index contributed by atoms with van der Waals surface area (Å²) in [6.45, 7) is 2.25. The van der Waals surface area contributed by atoms with Gasteiger partial charge in [0.1, 0.15) is 0 Å². The highest BCUT2D eigenvalue weighted by Crippen LogP contribution is 2.26. The van der Waals surface area contributed by atoms with E-state index >= 15 is 0 Å². The summed E-state index contributed by atoms with van der Waals surface area (Å²) in [5.41, 5.74) is 2.78. The molecule has 1 aromatic carbocycles. The van der Waals surface area contributed by atoms with Crippen LogP contribution in [0.15, 0.2) is 24.3 Å². The summed E-state index contributed by atoms with van der Waals surface area (Å²) in [5, 5.41) is 3.57. The molecular weight excluding hydrogens is 244 g/mol. The molecule has 2 aliphatic carbocycles. The van der Waals surface area contributed by atoms with Crippen LogP contribution in [0.25, 0.3) is 0 Å². The molecule has 20 heavy (non-hydrogen) atoms. The van der Waals surface area contributed by atoms with Crippen molar-refractivity contribution in [3.63, 3.8) is 0 Å². The fraction of sp³-hybridized carbons (Fsp3) is 0.667. The van der Waals surface area contributed by atoms with Gasteiger partial charge in [-0.15, -0.1) is 0 Å². The van der Waals surface area contributed by atoms with Crippen molar-refractivity contribution in [2.45, 2.75) is 57.5 Å². The molecule has 0 atom stereocenters. The van der Waals surface area contributed by atoms with Gasteiger partial charge in [-0.2, -0.15) is 0 Å². The number of nitrogens with zero attached hydrogens (tertiary/aromatic N) is 1. The minimum atomic E-state index is 0.795. The van der Waals surface area contributed by atoms with Crippen LogP contribution in [0.1, 0.15) is 50.5 Å². The van der Waals surface area contributed by atoms with E-state index in [1.54, 1.807) is 0 Å². The molecule has 0 spiro atoms. The van der Waals surface area contributed by atoms with Crippen molar-refractivity contribution in [2.24, 2.45) is 5.92 Å². The summed E-state index contributed by atoms with van der Waals surface area (Å²) in [6.07, 6.45) is 9.89. The second-order valence-corrected chi connectivity index (χ2v) is 6.71. The molecule has 0 aliphatic heterocycles. The van der Waals surface area contributed by atoms with Gasteiger partial charge >= 0.3 is 0 Å². The van der Waals surface area contributed by atoms with Gasteiger partial charge in [0.25, 0.3) is 0 Å². The Hall–Kier alpha value is -1.02. The van der Waals surface area contributed by atoms with Gasteiger partial charge in [-0.05, 0) is 49.3 Å². The lowest BCUT2D eigenvalue weighted by Gasteiger charge is -2.28. The third-order valence-corrected chi connectivity index (χ3v) is 4.81. The Bertz CT molecular complexity index is 402. The van der Waals surface area contributed by atoms with Crippen LogP contribution < -0.4 is 10.2 Å². The summed E-state index contributed by atoms with van der Waals surface area (Å²) in [4.78, 5) is 2.44. The van der Waals surface area contributed by atoms with Crippen LogP contribution in [-0.4, -0.2) is 19.6 Å². The molecule has 0 bridgehead atoms. The monoisotopic (exact) mass is 272 g/mol. The molecule has 1 aromatic rings. The summed E-state index contributed by atoms with van der Waals surface area (Å²) in [6, 6.07) is 9.92. The van der Waals surface area contributed by atoms with E-state index in [-0.39, 0.29) is 0 Å². The van der Waals surface area contributed by atoms with Crippen molar-refractivity contribution >= 4 is 5.69 Å². The molecule has 0 saturated heterocycles. The van der Waals surface area contributed by atoms with Gasteiger partial charge in [0.15, 0.2) is 0 Å². The number of anilines is 1. The highest BCUT2D eigenvalue weighted by Gasteiger charge is 2.20. The van der Waals surface area contributed by atoms with Crippen LogP contribution in [-0.2, 0) is 6.54 Å². The largest absolute Gasteiger partial charge is 0.374 e. The van der Waals surface area contributed by atoms with Crippen molar-refractivity contribution in [1.82, 2.24) is 5.32 Å². The van der Waals surface area contributed by atoms with Crippen LogP contribution in [0.4, 0.5) is 5.69 Å². The first-order valence-corrected chi connectivity index (χ1v) is 8.35. The average molecular weight is 272 g/mol. The lowest BCUT2D eigenvalue weighted by Crippen LogP contribution is -2.26. The van der Waals surface area contributed by atoms with Gasteiger partial charge in [0.05, 0.1) is 0 Å². The van der Waals surface area contributed by atoms with Gasteiger partial charge in [0, 0.05) is 31.9 Å². The van der Waals surface area contributed by atoms with E-state index in [1.165, 1.54) is 62.7 Å². The number of benzene rings is 1. The Labute approximate surface area is 123 Å². The molecule has 0 unspecified atom stereocenters. The highest BCUT2D eigenvalue weighted by atomic mass is 15.1. The van der Waals surface area contributed by atoms with Crippen LogP contribution >= 0.6 is 0 Å². The fourth-order valence-electron chi connectivity index (χ4n) is 3.28. The first kappa shape index (κ1) is 13.9. The van der Waals surface area contributed by atoms with E-state index in [4.69, 9.17) is 0 Å². The Morgan fingerprint density at radius 1 is 1.00 bits per heavy atom. The van der Waals surface area contributed by atoms with Gasteiger partial charge in [-0.3, -0.25) is 0 Å². The van der Waals surface area contributed by atoms with Gasteiger partial charge < -0.3 is 10.2 Å². The van der Waals surface area contributed by atoms with E-state index in [0.717, 1.165) is 18.5 Å². The van der Waals surface area contributed by atoms with Crippen LogP contribution in [0, 0.1) is 5.92 Å². The summed E-state index contributed by atoms with van der Waals surface area (Å²) >= 11 is 0. The predicted molar refractivity (Wildman–Crippen MR) is 86.1 cm³/mol. The maximum atomic E-state index is 3.57. The third kappa shape index (κ3) is 3.99. The fourth-order valence-corrected chi connectivity index (χ4v) is 3.28. The first-order valence-electron chi connectivity index (χ1n) is 8.35. The lowest BCUT2D eigenvalue weighted by atomic mass is 9.89. The van der Waals surface area contributed by atoms with E-state index in [2.05, 4.69) is 41.5 Å². The molecule has 0 radical (unpaired) electrons. The summed E-state index contributed by atoms with van der Waals surface area (Å²) < 4.78 is 0. The number of rotatable bonds is 6. The number of hydrogen-bond donors (Lipinski definition) is 1. The van der Waals surface area contributed by atoms with Crippen molar-refractivity contribution in [3.05, 3.63) is 29.8 Å².